The molecule has 3 rings (SSSR count). The molecule has 0 bridgehead atoms. The number of aliphatic hydroxyl groups is 1. The highest BCUT2D eigenvalue weighted by molar-refractivity contribution is 5.54. The summed E-state index contributed by atoms with van der Waals surface area (Å²) >= 11 is 0. The van der Waals surface area contributed by atoms with Crippen LogP contribution in [-0.4, -0.2) is 5.11 Å². The van der Waals surface area contributed by atoms with E-state index in [-0.39, 0.29) is 19.4 Å². The summed E-state index contributed by atoms with van der Waals surface area (Å²) in [6.45, 7) is 13.4. The van der Waals surface area contributed by atoms with Gasteiger partial charge < -0.3 is 5.11 Å². The Bertz CT molecular complexity index is 908. The van der Waals surface area contributed by atoms with Crippen molar-refractivity contribution in [2.45, 2.75) is 80.3 Å². The first-order chi connectivity index (χ1) is 14.3. The molecular formula is C30H40O. The number of aryl methyl sites for hydroxylation is 5. The number of hydrogen-bond acceptors (Lipinski definition) is 1. The summed E-state index contributed by atoms with van der Waals surface area (Å²) in [5, 5.41) is 9.94. The van der Waals surface area contributed by atoms with E-state index in [9.17, 15) is 5.11 Å². The second-order valence-electron chi connectivity index (χ2n) is 8.80. The summed E-state index contributed by atoms with van der Waals surface area (Å²) in [5.41, 5.74) is 11.2. The smallest absolute Gasteiger partial charge is 0.0682 e. The van der Waals surface area contributed by atoms with Gasteiger partial charge in [-0.05, 0) is 79.0 Å². The van der Waals surface area contributed by atoms with Crippen molar-refractivity contribution >= 4 is 0 Å². The molecule has 1 heteroatoms. The van der Waals surface area contributed by atoms with Gasteiger partial charge in [0.1, 0.15) is 0 Å². The second kappa shape index (κ2) is 10.3. The summed E-state index contributed by atoms with van der Waals surface area (Å²) in [4.78, 5) is 0. The first-order valence-electron chi connectivity index (χ1n) is 11.3. The van der Waals surface area contributed by atoms with Crippen LogP contribution < -0.4 is 0 Å². The Kier molecular flexibility index (Phi) is 8.26. The van der Waals surface area contributed by atoms with Crippen LogP contribution in [-0.2, 0) is 31.3 Å². The molecular weight excluding hydrogens is 376 g/mol. The highest BCUT2D eigenvalue weighted by Crippen LogP contribution is 2.41. The first kappa shape index (κ1) is 24.9. The van der Waals surface area contributed by atoms with Crippen LogP contribution >= 0.6 is 0 Å². The molecule has 3 aromatic carbocycles. The summed E-state index contributed by atoms with van der Waals surface area (Å²) in [6, 6.07) is 20.7. The average Bonchev–Trinajstić information content (AvgIpc) is 2.76. The van der Waals surface area contributed by atoms with Gasteiger partial charge in [-0.25, -0.2) is 0 Å². The molecule has 0 heterocycles. The topological polar surface area (TPSA) is 20.2 Å². The zero-order valence-corrected chi connectivity index (χ0v) is 19.5. The molecule has 0 aromatic heterocycles. The lowest BCUT2D eigenvalue weighted by Crippen LogP contribution is -2.27. The van der Waals surface area contributed by atoms with E-state index >= 15 is 0 Å². The van der Waals surface area contributed by atoms with Gasteiger partial charge in [0.05, 0.1) is 6.61 Å². The predicted octanol–water partition coefficient (Wildman–Crippen LogP) is 7.47. The van der Waals surface area contributed by atoms with E-state index in [0.717, 1.165) is 24.8 Å². The van der Waals surface area contributed by atoms with Crippen LogP contribution in [0, 0.1) is 13.8 Å². The predicted molar refractivity (Wildman–Crippen MR) is 135 cm³/mol. The van der Waals surface area contributed by atoms with E-state index in [1.807, 2.05) is 0 Å². The quantitative estimate of drug-likeness (QED) is 0.396. The van der Waals surface area contributed by atoms with E-state index < -0.39 is 0 Å². The number of hydrogen-bond donors (Lipinski definition) is 1. The monoisotopic (exact) mass is 416 g/mol. The van der Waals surface area contributed by atoms with E-state index in [2.05, 4.69) is 96.1 Å². The minimum atomic E-state index is -0.291. The summed E-state index contributed by atoms with van der Waals surface area (Å²) < 4.78 is 0. The minimum Gasteiger partial charge on any atom is -0.392 e. The lowest BCUT2D eigenvalue weighted by Gasteiger charge is -2.34. The molecule has 0 spiro atoms. The highest BCUT2D eigenvalue weighted by atomic mass is 16.3. The number of rotatable bonds is 7. The fourth-order valence-electron chi connectivity index (χ4n) is 4.57. The largest absolute Gasteiger partial charge is 0.392 e. The maximum Gasteiger partial charge on any atom is 0.0682 e. The Morgan fingerprint density at radius 2 is 0.935 bits per heavy atom. The first-order valence-corrected chi connectivity index (χ1v) is 11.3. The van der Waals surface area contributed by atoms with Gasteiger partial charge in [-0.1, -0.05) is 93.9 Å². The molecule has 0 radical (unpaired) electrons. The molecule has 0 saturated heterocycles. The van der Waals surface area contributed by atoms with Crippen molar-refractivity contribution in [1.82, 2.24) is 0 Å². The highest BCUT2D eigenvalue weighted by Gasteiger charge is 2.32. The third kappa shape index (κ3) is 5.10. The normalized spacial score (nSPS) is 12.9. The molecule has 0 amide bonds. The van der Waals surface area contributed by atoms with Gasteiger partial charge in [-0.3, -0.25) is 0 Å². The minimum absolute atomic E-state index is 0. The molecule has 0 saturated carbocycles. The standard InChI is InChI=1S/C29H36O.CH4/c1-7-22-13-23(8-2)16-27(15-22)29(6,26-11-20(4)10-21(5)12-26)28-17-24(9-3)14-25(18-28)19-30;/h10-18,30H,7-9,19H2,1-6H3;1H4. The summed E-state index contributed by atoms with van der Waals surface area (Å²) in [7, 11) is 0. The molecule has 1 nitrogen and oxygen atoms in total. The number of benzene rings is 3. The van der Waals surface area contributed by atoms with Crippen molar-refractivity contribution in [3.8, 4) is 0 Å². The van der Waals surface area contributed by atoms with Crippen LogP contribution in [0.3, 0.4) is 0 Å². The van der Waals surface area contributed by atoms with Gasteiger partial charge in [0.2, 0.25) is 0 Å². The Hall–Kier alpha value is -2.38. The van der Waals surface area contributed by atoms with Crippen molar-refractivity contribution in [3.63, 3.8) is 0 Å². The fraction of sp³-hybridized carbons (Fsp3) is 0.400. The Morgan fingerprint density at radius 1 is 0.581 bits per heavy atom. The molecule has 1 N–H and O–H groups in total. The molecule has 0 aliphatic heterocycles. The summed E-state index contributed by atoms with van der Waals surface area (Å²) in [5.74, 6) is 0. The van der Waals surface area contributed by atoms with Gasteiger partial charge in [-0.15, -0.1) is 0 Å². The van der Waals surface area contributed by atoms with Crippen LogP contribution in [0.15, 0.2) is 54.6 Å². The SMILES string of the molecule is C.CCc1cc(CC)cc(C(C)(c2cc(C)cc(C)c2)c2cc(CC)cc(CO)c2)c1. The van der Waals surface area contributed by atoms with Crippen LogP contribution in [0.1, 0.15) is 85.2 Å². The zero-order valence-electron chi connectivity index (χ0n) is 19.5. The van der Waals surface area contributed by atoms with Gasteiger partial charge in [0.15, 0.2) is 0 Å². The Labute approximate surface area is 190 Å². The molecule has 166 valence electrons. The Morgan fingerprint density at radius 3 is 1.32 bits per heavy atom. The van der Waals surface area contributed by atoms with E-state index in [1.165, 1.54) is 44.5 Å². The lowest BCUT2D eigenvalue weighted by molar-refractivity contribution is 0.281. The fourth-order valence-corrected chi connectivity index (χ4v) is 4.57. The third-order valence-electron chi connectivity index (χ3n) is 6.47. The average molecular weight is 417 g/mol. The van der Waals surface area contributed by atoms with E-state index in [0.29, 0.717) is 0 Å². The van der Waals surface area contributed by atoms with E-state index in [1.54, 1.807) is 0 Å². The van der Waals surface area contributed by atoms with Gasteiger partial charge in [0, 0.05) is 5.41 Å². The molecule has 3 aromatic rings. The lowest BCUT2D eigenvalue weighted by atomic mass is 9.69. The maximum atomic E-state index is 9.94. The molecule has 1 atom stereocenters. The molecule has 31 heavy (non-hydrogen) atoms. The zero-order chi connectivity index (χ0) is 21.9. The Balaban J connectivity index is 0.00000341. The van der Waals surface area contributed by atoms with Gasteiger partial charge >= 0.3 is 0 Å². The molecule has 0 aliphatic rings. The van der Waals surface area contributed by atoms with Crippen molar-refractivity contribution in [1.29, 1.82) is 0 Å². The van der Waals surface area contributed by atoms with E-state index in [4.69, 9.17) is 0 Å². The molecule has 1 unspecified atom stereocenters. The van der Waals surface area contributed by atoms with Crippen molar-refractivity contribution in [3.05, 3.63) is 105 Å². The summed E-state index contributed by atoms with van der Waals surface area (Å²) in [6.07, 6.45) is 3.01. The second-order valence-corrected chi connectivity index (χ2v) is 8.80. The third-order valence-corrected chi connectivity index (χ3v) is 6.47. The van der Waals surface area contributed by atoms with Gasteiger partial charge in [0.25, 0.3) is 0 Å². The molecule has 0 aliphatic carbocycles. The number of aliphatic hydroxyl groups excluding tert-OH is 1. The maximum absolute atomic E-state index is 9.94. The van der Waals surface area contributed by atoms with Gasteiger partial charge in [-0.2, -0.15) is 0 Å². The molecule has 0 fully saturated rings. The van der Waals surface area contributed by atoms with Crippen molar-refractivity contribution in [2.24, 2.45) is 0 Å². The van der Waals surface area contributed by atoms with Crippen LogP contribution in [0.25, 0.3) is 0 Å². The van der Waals surface area contributed by atoms with Crippen molar-refractivity contribution < 1.29 is 5.11 Å². The van der Waals surface area contributed by atoms with Crippen LogP contribution in [0.4, 0.5) is 0 Å². The van der Waals surface area contributed by atoms with Crippen LogP contribution in [0.2, 0.25) is 0 Å². The van der Waals surface area contributed by atoms with Crippen LogP contribution in [0.5, 0.6) is 0 Å². The van der Waals surface area contributed by atoms with Crippen molar-refractivity contribution in [2.75, 3.05) is 0 Å².